The molecule has 1 fully saturated rings. The summed E-state index contributed by atoms with van der Waals surface area (Å²) in [6, 6.07) is 6.54. The van der Waals surface area contributed by atoms with Crippen LogP contribution in [0.4, 0.5) is 4.39 Å². The summed E-state index contributed by atoms with van der Waals surface area (Å²) in [6.07, 6.45) is 0.923. The van der Waals surface area contributed by atoms with Crippen molar-refractivity contribution in [3.8, 4) is 0 Å². The SMILES string of the molecule is CN=C(NCCCOCC(C)C)N1CC(C)OC(c2ccc(F)cc2)C1.I. The van der Waals surface area contributed by atoms with Crippen LogP contribution in [0.1, 0.15) is 38.9 Å². The number of benzene rings is 1. The van der Waals surface area contributed by atoms with Gasteiger partial charge in [-0.3, -0.25) is 4.99 Å². The zero-order chi connectivity index (χ0) is 18.9. The molecule has 2 rings (SSSR count). The minimum Gasteiger partial charge on any atom is -0.381 e. The van der Waals surface area contributed by atoms with Gasteiger partial charge in [0.25, 0.3) is 0 Å². The number of hydrogen-bond donors (Lipinski definition) is 1. The lowest BCUT2D eigenvalue weighted by Gasteiger charge is -2.38. The van der Waals surface area contributed by atoms with Crippen molar-refractivity contribution in [2.75, 3.05) is 39.9 Å². The summed E-state index contributed by atoms with van der Waals surface area (Å²) in [7, 11) is 1.80. The second kappa shape index (κ2) is 12.5. The molecule has 1 saturated heterocycles. The molecule has 2 atom stereocenters. The van der Waals surface area contributed by atoms with E-state index < -0.39 is 0 Å². The van der Waals surface area contributed by atoms with Crippen molar-refractivity contribution < 1.29 is 13.9 Å². The van der Waals surface area contributed by atoms with Gasteiger partial charge in [-0.2, -0.15) is 0 Å². The number of halogens is 2. The second-order valence-corrected chi connectivity index (χ2v) is 7.19. The molecule has 0 aromatic heterocycles. The molecule has 5 nitrogen and oxygen atoms in total. The molecule has 0 amide bonds. The van der Waals surface area contributed by atoms with Gasteiger partial charge < -0.3 is 19.7 Å². The molecule has 1 aliphatic heterocycles. The third kappa shape index (κ3) is 8.31. The highest BCUT2D eigenvalue weighted by Gasteiger charge is 2.28. The van der Waals surface area contributed by atoms with E-state index >= 15 is 0 Å². The molecule has 1 aromatic carbocycles. The largest absolute Gasteiger partial charge is 0.381 e. The fourth-order valence-electron chi connectivity index (χ4n) is 3.01. The molecule has 1 aromatic rings. The average Bonchev–Trinajstić information content (AvgIpc) is 2.61. The standard InChI is InChI=1S/C20H32FN3O2.HI/c1-15(2)14-25-11-5-10-23-20(22-4)24-12-16(3)26-19(13-24)17-6-8-18(21)9-7-17;/h6-9,15-16,19H,5,10-14H2,1-4H3,(H,22,23);1H. The maximum absolute atomic E-state index is 13.2. The van der Waals surface area contributed by atoms with Gasteiger partial charge in [0.1, 0.15) is 11.9 Å². The van der Waals surface area contributed by atoms with E-state index in [9.17, 15) is 4.39 Å². The first kappa shape index (κ1) is 24.1. The number of ether oxygens (including phenoxy) is 2. The van der Waals surface area contributed by atoms with Crippen LogP contribution in [-0.4, -0.2) is 56.9 Å². The molecular weight excluding hydrogens is 460 g/mol. The molecule has 27 heavy (non-hydrogen) atoms. The Morgan fingerprint density at radius 1 is 1.33 bits per heavy atom. The Balaban J connectivity index is 0.00000364. The van der Waals surface area contributed by atoms with Gasteiger partial charge in [-0.1, -0.05) is 26.0 Å². The molecule has 1 N–H and O–H groups in total. The van der Waals surface area contributed by atoms with Crippen LogP contribution in [0.3, 0.4) is 0 Å². The van der Waals surface area contributed by atoms with E-state index in [1.165, 1.54) is 12.1 Å². The summed E-state index contributed by atoms with van der Waals surface area (Å²) < 4.78 is 24.8. The Labute approximate surface area is 179 Å². The van der Waals surface area contributed by atoms with Crippen molar-refractivity contribution >= 4 is 29.9 Å². The zero-order valence-corrected chi connectivity index (χ0v) is 19.1. The van der Waals surface area contributed by atoms with Gasteiger partial charge >= 0.3 is 0 Å². The second-order valence-electron chi connectivity index (χ2n) is 7.19. The monoisotopic (exact) mass is 493 g/mol. The first-order chi connectivity index (χ1) is 12.5. The predicted octanol–water partition coefficient (Wildman–Crippen LogP) is 3.84. The average molecular weight is 493 g/mol. The van der Waals surface area contributed by atoms with Crippen LogP contribution in [0.15, 0.2) is 29.3 Å². The molecule has 0 saturated carbocycles. The van der Waals surface area contributed by atoms with Crippen molar-refractivity contribution in [3.63, 3.8) is 0 Å². The minimum absolute atomic E-state index is 0. The van der Waals surface area contributed by atoms with Crippen LogP contribution >= 0.6 is 24.0 Å². The number of morpholine rings is 1. The van der Waals surface area contributed by atoms with Crippen molar-refractivity contribution in [2.24, 2.45) is 10.9 Å². The summed E-state index contributed by atoms with van der Waals surface area (Å²) in [5.74, 6) is 1.21. The number of nitrogens with one attached hydrogen (secondary N) is 1. The van der Waals surface area contributed by atoms with Crippen molar-refractivity contribution in [1.29, 1.82) is 0 Å². The van der Waals surface area contributed by atoms with E-state index in [0.717, 1.165) is 44.2 Å². The van der Waals surface area contributed by atoms with Crippen LogP contribution < -0.4 is 5.32 Å². The number of hydrogen-bond acceptors (Lipinski definition) is 3. The van der Waals surface area contributed by atoms with E-state index in [1.54, 1.807) is 19.2 Å². The fraction of sp³-hybridized carbons (Fsp3) is 0.650. The van der Waals surface area contributed by atoms with Crippen molar-refractivity contribution in [3.05, 3.63) is 35.6 Å². The third-order valence-corrected chi connectivity index (χ3v) is 4.21. The molecule has 2 unspecified atom stereocenters. The summed E-state index contributed by atoms with van der Waals surface area (Å²) in [5, 5.41) is 3.41. The molecular formula is C20H33FIN3O2. The van der Waals surface area contributed by atoms with E-state index in [-0.39, 0.29) is 42.0 Å². The van der Waals surface area contributed by atoms with Gasteiger partial charge in [-0.25, -0.2) is 4.39 Å². The Kier molecular flexibility index (Phi) is 11.2. The maximum atomic E-state index is 13.2. The lowest BCUT2D eigenvalue weighted by atomic mass is 10.1. The number of aliphatic imine (C=N–C) groups is 1. The number of nitrogens with zero attached hydrogens (tertiary/aromatic N) is 2. The number of guanidine groups is 1. The highest BCUT2D eigenvalue weighted by molar-refractivity contribution is 14.0. The predicted molar refractivity (Wildman–Crippen MR) is 118 cm³/mol. The molecule has 0 bridgehead atoms. The van der Waals surface area contributed by atoms with Crippen LogP contribution in [0.25, 0.3) is 0 Å². The third-order valence-electron chi connectivity index (χ3n) is 4.21. The number of rotatable bonds is 7. The molecule has 0 aliphatic carbocycles. The maximum Gasteiger partial charge on any atom is 0.193 e. The lowest BCUT2D eigenvalue weighted by molar-refractivity contribution is -0.0605. The summed E-state index contributed by atoms with van der Waals surface area (Å²) >= 11 is 0. The van der Waals surface area contributed by atoms with Crippen LogP contribution in [0.2, 0.25) is 0 Å². The zero-order valence-electron chi connectivity index (χ0n) is 16.8. The normalized spacial score (nSPS) is 20.5. The van der Waals surface area contributed by atoms with Gasteiger partial charge in [0.2, 0.25) is 0 Å². The van der Waals surface area contributed by atoms with Crippen LogP contribution in [0.5, 0.6) is 0 Å². The van der Waals surface area contributed by atoms with Crippen molar-refractivity contribution in [2.45, 2.75) is 39.4 Å². The highest BCUT2D eigenvalue weighted by atomic mass is 127. The van der Waals surface area contributed by atoms with Crippen LogP contribution in [-0.2, 0) is 9.47 Å². The van der Waals surface area contributed by atoms with Gasteiger partial charge in [0.15, 0.2) is 5.96 Å². The summed E-state index contributed by atoms with van der Waals surface area (Å²) in [4.78, 5) is 6.62. The summed E-state index contributed by atoms with van der Waals surface area (Å²) in [5.41, 5.74) is 0.987. The first-order valence-corrected chi connectivity index (χ1v) is 9.44. The summed E-state index contributed by atoms with van der Waals surface area (Å²) in [6.45, 7) is 10.2. The van der Waals surface area contributed by atoms with Gasteiger partial charge in [-0.15, -0.1) is 24.0 Å². The molecule has 154 valence electrons. The topological polar surface area (TPSA) is 46.1 Å². The molecule has 1 aliphatic rings. The Hall–Kier alpha value is -0.930. The smallest absolute Gasteiger partial charge is 0.193 e. The first-order valence-electron chi connectivity index (χ1n) is 9.44. The molecule has 0 spiro atoms. The highest BCUT2D eigenvalue weighted by Crippen LogP contribution is 2.25. The van der Waals surface area contributed by atoms with E-state index in [1.807, 2.05) is 0 Å². The van der Waals surface area contributed by atoms with Gasteiger partial charge in [-0.05, 0) is 37.0 Å². The minimum atomic E-state index is -0.230. The quantitative estimate of drug-likeness (QED) is 0.272. The van der Waals surface area contributed by atoms with E-state index in [2.05, 4.69) is 36.0 Å². The Morgan fingerprint density at radius 2 is 2.04 bits per heavy atom. The Morgan fingerprint density at radius 3 is 2.67 bits per heavy atom. The van der Waals surface area contributed by atoms with Gasteiger partial charge in [0.05, 0.1) is 12.6 Å². The fourth-order valence-corrected chi connectivity index (χ4v) is 3.01. The van der Waals surface area contributed by atoms with E-state index in [4.69, 9.17) is 9.47 Å². The van der Waals surface area contributed by atoms with Gasteiger partial charge in [0, 0.05) is 33.4 Å². The lowest BCUT2D eigenvalue weighted by Crippen LogP contribution is -2.50. The van der Waals surface area contributed by atoms with Crippen molar-refractivity contribution in [1.82, 2.24) is 10.2 Å². The molecule has 1 heterocycles. The molecule has 0 radical (unpaired) electrons. The Bertz CT molecular complexity index is 569. The van der Waals surface area contributed by atoms with E-state index in [0.29, 0.717) is 12.5 Å². The van der Waals surface area contributed by atoms with Crippen LogP contribution in [0, 0.1) is 11.7 Å². The molecule has 7 heteroatoms.